The Kier molecular flexibility index (Phi) is 7.75. The summed E-state index contributed by atoms with van der Waals surface area (Å²) >= 11 is 0. The third kappa shape index (κ3) is 6.12. The van der Waals surface area contributed by atoms with Crippen LogP contribution in [-0.2, 0) is 6.42 Å². The second kappa shape index (κ2) is 10.7. The third-order valence-corrected chi connectivity index (χ3v) is 5.21. The second-order valence-corrected chi connectivity index (χ2v) is 7.43. The number of unbranched alkanes of at least 4 members (excludes halogenated alkanes) is 1. The molecule has 0 spiro atoms. The number of rotatable bonds is 10. The predicted octanol–water partition coefficient (Wildman–Crippen LogP) is 4.37. The van der Waals surface area contributed by atoms with Crippen molar-refractivity contribution in [1.29, 1.82) is 0 Å². The van der Waals surface area contributed by atoms with Gasteiger partial charge in [0.2, 0.25) is 11.6 Å². The van der Waals surface area contributed by atoms with E-state index in [0.717, 1.165) is 44.6 Å². The van der Waals surface area contributed by atoms with Crippen molar-refractivity contribution in [2.24, 2.45) is 0 Å². The molecule has 8 nitrogen and oxygen atoms in total. The number of likely N-dealkylation sites (tertiary alicyclic amines) is 1. The van der Waals surface area contributed by atoms with Crippen LogP contribution in [-0.4, -0.2) is 46.0 Å². The Morgan fingerprint density at radius 2 is 1.83 bits per heavy atom. The maximum absolute atomic E-state index is 11.7. The summed E-state index contributed by atoms with van der Waals surface area (Å²) in [5, 5.41) is 17.9. The fourth-order valence-electron chi connectivity index (χ4n) is 3.56. The minimum Gasteiger partial charge on any atom is -0.363 e. The lowest BCUT2D eigenvalue weighted by Crippen LogP contribution is -2.33. The molecule has 1 aliphatic heterocycles. The molecule has 8 heteroatoms. The van der Waals surface area contributed by atoms with Gasteiger partial charge in [0.05, 0.1) is 4.92 Å². The Morgan fingerprint density at radius 1 is 1.10 bits per heavy atom. The van der Waals surface area contributed by atoms with Crippen LogP contribution >= 0.6 is 0 Å². The van der Waals surface area contributed by atoms with Crippen LogP contribution in [0.1, 0.15) is 44.6 Å². The molecule has 3 rings (SSSR count). The Labute approximate surface area is 171 Å². The molecule has 0 bridgehead atoms. The van der Waals surface area contributed by atoms with Gasteiger partial charge in [0.1, 0.15) is 6.33 Å². The van der Waals surface area contributed by atoms with Gasteiger partial charge < -0.3 is 15.5 Å². The van der Waals surface area contributed by atoms with Crippen LogP contribution < -0.4 is 10.6 Å². The van der Waals surface area contributed by atoms with Crippen LogP contribution in [0.2, 0.25) is 0 Å². The highest BCUT2D eigenvalue weighted by molar-refractivity contribution is 5.73. The van der Waals surface area contributed by atoms with Gasteiger partial charge in [0.15, 0.2) is 0 Å². The van der Waals surface area contributed by atoms with Crippen LogP contribution in [0.4, 0.5) is 23.0 Å². The number of benzene rings is 1. The number of nitrogens with zero attached hydrogens (tertiary/aromatic N) is 4. The molecule has 0 atom stereocenters. The Hall–Kier alpha value is -2.74. The number of piperidine rings is 1. The second-order valence-electron chi connectivity index (χ2n) is 7.43. The molecule has 29 heavy (non-hydrogen) atoms. The van der Waals surface area contributed by atoms with Crippen molar-refractivity contribution in [3.63, 3.8) is 0 Å². The lowest BCUT2D eigenvalue weighted by molar-refractivity contribution is -0.383. The van der Waals surface area contributed by atoms with E-state index < -0.39 is 4.92 Å². The quantitative estimate of drug-likeness (QED) is 0.453. The van der Waals surface area contributed by atoms with Crippen molar-refractivity contribution in [2.45, 2.75) is 45.4 Å². The van der Waals surface area contributed by atoms with E-state index in [2.05, 4.69) is 32.4 Å². The molecule has 1 fully saturated rings. The molecule has 2 N–H and O–H groups in total. The van der Waals surface area contributed by atoms with Crippen LogP contribution in [0.15, 0.2) is 30.6 Å². The van der Waals surface area contributed by atoms with Crippen molar-refractivity contribution in [3.05, 3.63) is 46.3 Å². The zero-order valence-electron chi connectivity index (χ0n) is 17.1. The first kappa shape index (κ1) is 21.0. The first-order valence-corrected chi connectivity index (χ1v) is 10.5. The van der Waals surface area contributed by atoms with E-state index >= 15 is 0 Å². The van der Waals surface area contributed by atoms with Crippen molar-refractivity contribution in [1.82, 2.24) is 14.9 Å². The first-order valence-electron chi connectivity index (χ1n) is 10.5. The highest BCUT2D eigenvalue weighted by Crippen LogP contribution is 2.31. The molecule has 0 amide bonds. The van der Waals surface area contributed by atoms with Crippen LogP contribution in [0, 0.1) is 10.1 Å². The fourth-order valence-corrected chi connectivity index (χ4v) is 3.56. The molecule has 0 aliphatic carbocycles. The maximum atomic E-state index is 11.7. The van der Waals surface area contributed by atoms with Crippen molar-refractivity contribution in [3.8, 4) is 0 Å². The average molecular weight is 399 g/mol. The highest BCUT2D eigenvalue weighted by Gasteiger charge is 2.23. The number of nitrogens with one attached hydrogen (secondary N) is 2. The van der Waals surface area contributed by atoms with Gasteiger partial charge in [-0.3, -0.25) is 10.1 Å². The van der Waals surface area contributed by atoms with Crippen LogP contribution in [0.25, 0.3) is 0 Å². The molecule has 2 heterocycles. The number of hydrogen-bond donors (Lipinski definition) is 2. The molecular weight excluding hydrogens is 368 g/mol. The summed E-state index contributed by atoms with van der Waals surface area (Å²) in [4.78, 5) is 21.9. The van der Waals surface area contributed by atoms with Gasteiger partial charge in [-0.2, -0.15) is 0 Å². The van der Waals surface area contributed by atoms with Crippen LogP contribution in [0.5, 0.6) is 0 Å². The molecule has 156 valence electrons. The van der Waals surface area contributed by atoms with Crippen molar-refractivity contribution >= 4 is 23.0 Å². The smallest absolute Gasteiger partial charge is 0.353 e. The number of anilines is 3. The number of aromatic nitrogens is 2. The van der Waals surface area contributed by atoms with E-state index in [0.29, 0.717) is 6.54 Å². The van der Waals surface area contributed by atoms with E-state index in [1.54, 1.807) is 0 Å². The monoisotopic (exact) mass is 398 g/mol. The minimum atomic E-state index is -0.429. The summed E-state index contributed by atoms with van der Waals surface area (Å²) in [6.07, 6.45) is 8.43. The SMILES string of the molecule is CCCCc1ccc(Nc2ncnc(NCCN3CCCCC3)c2[N+](=O)[O-])cc1. The standard InChI is InChI=1S/C21H30N6O2/c1-2-3-7-17-8-10-18(11-9-17)25-21-19(27(28)29)20(23-16-24-21)22-12-15-26-13-5-4-6-14-26/h8-11,16H,2-7,12-15H2,1H3,(H2,22,23,24,25). The summed E-state index contributed by atoms with van der Waals surface area (Å²) in [5.41, 5.74) is 1.90. The number of hydrogen-bond acceptors (Lipinski definition) is 7. The summed E-state index contributed by atoms with van der Waals surface area (Å²) in [7, 11) is 0. The van der Waals surface area contributed by atoms with Gasteiger partial charge in [-0.15, -0.1) is 0 Å². The molecule has 0 saturated carbocycles. The van der Waals surface area contributed by atoms with Gasteiger partial charge in [0, 0.05) is 18.8 Å². The molecule has 1 aliphatic rings. The molecule has 0 unspecified atom stereocenters. The summed E-state index contributed by atoms with van der Waals surface area (Å²) in [6.45, 7) is 5.82. The van der Waals surface area contributed by atoms with E-state index in [4.69, 9.17) is 0 Å². The van der Waals surface area contributed by atoms with E-state index in [-0.39, 0.29) is 17.3 Å². The molecule has 1 aromatic carbocycles. The molecule has 0 radical (unpaired) electrons. The van der Waals surface area contributed by atoms with E-state index in [1.807, 2.05) is 24.3 Å². The molecule has 1 saturated heterocycles. The average Bonchev–Trinajstić information content (AvgIpc) is 2.74. The van der Waals surface area contributed by atoms with E-state index in [1.165, 1.54) is 31.2 Å². The lowest BCUT2D eigenvalue weighted by atomic mass is 10.1. The zero-order chi connectivity index (χ0) is 20.5. The number of nitro groups is 1. The van der Waals surface area contributed by atoms with Gasteiger partial charge in [-0.05, 0) is 56.5 Å². The predicted molar refractivity (Wildman–Crippen MR) is 116 cm³/mol. The normalized spacial score (nSPS) is 14.5. The Morgan fingerprint density at radius 3 is 2.52 bits per heavy atom. The number of aryl methyl sites for hydroxylation is 1. The van der Waals surface area contributed by atoms with Gasteiger partial charge in [0.25, 0.3) is 0 Å². The largest absolute Gasteiger partial charge is 0.363 e. The third-order valence-electron chi connectivity index (χ3n) is 5.21. The van der Waals surface area contributed by atoms with Gasteiger partial charge >= 0.3 is 5.69 Å². The first-order chi connectivity index (χ1) is 14.2. The summed E-state index contributed by atoms with van der Waals surface area (Å²) < 4.78 is 0. The van der Waals surface area contributed by atoms with Crippen LogP contribution in [0.3, 0.4) is 0 Å². The molecule has 1 aromatic heterocycles. The Bertz CT molecular complexity index is 790. The lowest BCUT2D eigenvalue weighted by Gasteiger charge is -2.26. The summed E-state index contributed by atoms with van der Waals surface area (Å²) in [6, 6.07) is 7.95. The highest BCUT2D eigenvalue weighted by atomic mass is 16.6. The van der Waals surface area contributed by atoms with Gasteiger partial charge in [-0.1, -0.05) is 31.9 Å². The zero-order valence-corrected chi connectivity index (χ0v) is 17.1. The minimum absolute atomic E-state index is 0.124. The molecular formula is C21H30N6O2. The van der Waals surface area contributed by atoms with Gasteiger partial charge in [-0.25, -0.2) is 9.97 Å². The fraction of sp³-hybridized carbons (Fsp3) is 0.524. The van der Waals surface area contributed by atoms with E-state index in [9.17, 15) is 10.1 Å². The Balaban J connectivity index is 1.66. The topological polar surface area (TPSA) is 96.2 Å². The van der Waals surface area contributed by atoms with Crippen molar-refractivity contribution in [2.75, 3.05) is 36.8 Å². The summed E-state index contributed by atoms with van der Waals surface area (Å²) in [5.74, 6) is 0.454. The molecule has 2 aromatic rings. The van der Waals surface area contributed by atoms with Crippen molar-refractivity contribution < 1.29 is 4.92 Å². The maximum Gasteiger partial charge on any atom is 0.353 e.